The van der Waals surface area contributed by atoms with Gasteiger partial charge in [0.25, 0.3) is 5.91 Å². The second kappa shape index (κ2) is 5.73. The largest absolute Gasteiger partial charge is 0.350 e. The van der Waals surface area contributed by atoms with Gasteiger partial charge in [-0.15, -0.1) is 0 Å². The Morgan fingerprint density at radius 3 is 2.63 bits per heavy atom. The Labute approximate surface area is 112 Å². The van der Waals surface area contributed by atoms with Gasteiger partial charge in [0.1, 0.15) is 0 Å². The van der Waals surface area contributed by atoms with Crippen molar-refractivity contribution in [1.29, 1.82) is 0 Å². The zero-order valence-corrected chi connectivity index (χ0v) is 11.2. The van der Waals surface area contributed by atoms with Crippen molar-refractivity contribution in [3.05, 3.63) is 29.8 Å². The monoisotopic (exact) mass is 261 g/mol. The molecule has 2 rings (SSSR count). The highest BCUT2D eigenvalue weighted by atomic mass is 16.2. The number of urea groups is 1. The molecule has 0 unspecified atom stereocenters. The lowest BCUT2D eigenvalue weighted by Crippen LogP contribution is -2.31. The number of hydrogen-bond donors (Lipinski definition) is 3. The topological polar surface area (TPSA) is 70.2 Å². The second-order valence-corrected chi connectivity index (χ2v) is 5.08. The van der Waals surface area contributed by atoms with Crippen LogP contribution in [0.2, 0.25) is 0 Å². The van der Waals surface area contributed by atoms with E-state index >= 15 is 0 Å². The van der Waals surface area contributed by atoms with Crippen LogP contribution in [0.25, 0.3) is 0 Å². The molecule has 5 heteroatoms. The number of anilines is 1. The quantitative estimate of drug-likeness (QED) is 0.777. The predicted molar refractivity (Wildman–Crippen MR) is 74.2 cm³/mol. The third-order valence-corrected chi connectivity index (χ3v) is 2.71. The van der Waals surface area contributed by atoms with Crippen LogP contribution in [0, 0.1) is 0 Å². The molecule has 3 N–H and O–H groups in total. The molecule has 19 heavy (non-hydrogen) atoms. The van der Waals surface area contributed by atoms with Crippen molar-refractivity contribution < 1.29 is 9.59 Å². The Hall–Kier alpha value is -2.04. The summed E-state index contributed by atoms with van der Waals surface area (Å²) in [5.41, 5.74) is 1.16. The first-order chi connectivity index (χ1) is 9.04. The molecule has 0 spiro atoms. The molecule has 1 aliphatic carbocycles. The summed E-state index contributed by atoms with van der Waals surface area (Å²) in [5.74, 6) is -0.138. The molecule has 1 fully saturated rings. The van der Waals surface area contributed by atoms with Crippen LogP contribution in [-0.4, -0.2) is 24.0 Å². The molecule has 0 radical (unpaired) electrons. The molecule has 1 aliphatic rings. The Morgan fingerprint density at radius 1 is 1.26 bits per heavy atom. The number of nitrogens with one attached hydrogen (secondary N) is 3. The number of benzene rings is 1. The summed E-state index contributed by atoms with van der Waals surface area (Å²) in [4.78, 5) is 23.4. The fraction of sp³-hybridized carbons (Fsp3) is 0.429. The van der Waals surface area contributed by atoms with Crippen molar-refractivity contribution in [2.24, 2.45) is 0 Å². The Balaban J connectivity index is 1.97. The molecule has 3 amide bonds. The van der Waals surface area contributed by atoms with E-state index in [2.05, 4.69) is 16.0 Å². The summed E-state index contributed by atoms with van der Waals surface area (Å²) in [6, 6.07) is 7.09. The van der Waals surface area contributed by atoms with E-state index < -0.39 is 0 Å². The van der Waals surface area contributed by atoms with Crippen LogP contribution in [0.5, 0.6) is 0 Å². The van der Waals surface area contributed by atoms with Gasteiger partial charge in [0.15, 0.2) is 0 Å². The van der Waals surface area contributed by atoms with Gasteiger partial charge in [0.2, 0.25) is 0 Å². The average molecular weight is 261 g/mol. The Morgan fingerprint density at radius 2 is 2.00 bits per heavy atom. The van der Waals surface area contributed by atoms with Crippen LogP contribution in [-0.2, 0) is 0 Å². The molecule has 0 aromatic heterocycles. The van der Waals surface area contributed by atoms with E-state index in [1.165, 1.54) is 0 Å². The third kappa shape index (κ3) is 4.28. The highest BCUT2D eigenvalue weighted by molar-refractivity contribution is 5.97. The lowest BCUT2D eigenvalue weighted by atomic mass is 10.2. The molecule has 1 saturated carbocycles. The fourth-order valence-electron chi connectivity index (χ4n) is 1.66. The van der Waals surface area contributed by atoms with Crippen molar-refractivity contribution in [3.8, 4) is 0 Å². The third-order valence-electron chi connectivity index (χ3n) is 2.71. The highest BCUT2D eigenvalue weighted by Crippen LogP contribution is 2.19. The second-order valence-electron chi connectivity index (χ2n) is 5.08. The first-order valence-corrected chi connectivity index (χ1v) is 6.53. The van der Waals surface area contributed by atoms with E-state index in [4.69, 9.17) is 0 Å². The summed E-state index contributed by atoms with van der Waals surface area (Å²) in [7, 11) is 0. The van der Waals surface area contributed by atoms with E-state index in [0.29, 0.717) is 17.3 Å². The van der Waals surface area contributed by atoms with Crippen molar-refractivity contribution in [1.82, 2.24) is 10.6 Å². The summed E-state index contributed by atoms with van der Waals surface area (Å²) >= 11 is 0. The van der Waals surface area contributed by atoms with Crippen LogP contribution in [0.1, 0.15) is 37.0 Å². The van der Waals surface area contributed by atoms with Crippen LogP contribution in [0.3, 0.4) is 0 Å². The molecule has 0 heterocycles. The van der Waals surface area contributed by atoms with Gasteiger partial charge in [0.05, 0.1) is 0 Å². The smallest absolute Gasteiger partial charge is 0.319 e. The first-order valence-electron chi connectivity index (χ1n) is 6.53. The number of carbonyl (C=O) groups is 2. The van der Waals surface area contributed by atoms with Gasteiger partial charge in [-0.2, -0.15) is 0 Å². The summed E-state index contributed by atoms with van der Waals surface area (Å²) in [5, 5.41) is 8.38. The molecule has 0 bridgehead atoms. The van der Waals surface area contributed by atoms with Gasteiger partial charge >= 0.3 is 6.03 Å². The minimum Gasteiger partial charge on any atom is -0.350 e. The molecule has 0 saturated heterocycles. The standard InChI is InChI=1S/C14H19N3O2/c1-9(2)15-13(18)10-4-3-5-12(8-10)17-14(19)16-11-6-7-11/h3-5,8-9,11H,6-7H2,1-2H3,(H,15,18)(H2,16,17,19). The van der Waals surface area contributed by atoms with E-state index in [0.717, 1.165) is 12.8 Å². The van der Waals surface area contributed by atoms with Crippen LogP contribution in [0.15, 0.2) is 24.3 Å². The SMILES string of the molecule is CC(C)NC(=O)c1cccc(NC(=O)NC2CC2)c1. The van der Waals surface area contributed by atoms with Gasteiger partial charge in [-0.05, 0) is 44.9 Å². The van der Waals surface area contributed by atoms with Gasteiger partial charge in [-0.1, -0.05) is 6.07 Å². The summed E-state index contributed by atoms with van der Waals surface area (Å²) in [6.45, 7) is 3.81. The predicted octanol–water partition coefficient (Wildman–Crippen LogP) is 2.11. The van der Waals surface area contributed by atoms with Crippen molar-refractivity contribution >= 4 is 17.6 Å². The van der Waals surface area contributed by atoms with Gasteiger partial charge in [-0.25, -0.2) is 4.79 Å². The molecule has 5 nitrogen and oxygen atoms in total. The van der Waals surface area contributed by atoms with Gasteiger partial charge < -0.3 is 16.0 Å². The van der Waals surface area contributed by atoms with Crippen molar-refractivity contribution in [3.63, 3.8) is 0 Å². The average Bonchev–Trinajstić information content (AvgIpc) is 3.12. The normalized spacial score (nSPS) is 14.1. The van der Waals surface area contributed by atoms with E-state index in [-0.39, 0.29) is 18.0 Å². The Kier molecular flexibility index (Phi) is 4.04. The zero-order chi connectivity index (χ0) is 13.8. The molecule has 0 aliphatic heterocycles. The number of rotatable bonds is 4. The van der Waals surface area contributed by atoms with Gasteiger partial charge in [-0.3, -0.25) is 4.79 Å². The van der Waals surface area contributed by atoms with E-state index in [1.807, 2.05) is 13.8 Å². The van der Waals surface area contributed by atoms with Crippen LogP contribution in [0.4, 0.5) is 10.5 Å². The van der Waals surface area contributed by atoms with Crippen molar-refractivity contribution in [2.45, 2.75) is 38.8 Å². The van der Waals surface area contributed by atoms with E-state index in [1.54, 1.807) is 24.3 Å². The molecule has 102 valence electrons. The van der Waals surface area contributed by atoms with E-state index in [9.17, 15) is 9.59 Å². The fourth-order valence-corrected chi connectivity index (χ4v) is 1.66. The molecule has 0 atom stereocenters. The number of amides is 3. The lowest BCUT2D eigenvalue weighted by Gasteiger charge is -2.10. The van der Waals surface area contributed by atoms with Crippen molar-refractivity contribution in [2.75, 3.05) is 5.32 Å². The first kappa shape index (κ1) is 13.4. The maximum Gasteiger partial charge on any atom is 0.319 e. The minimum absolute atomic E-state index is 0.0854. The number of hydrogen-bond acceptors (Lipinski definition) is 2. The van der Waals surface area contributed by atoms with Crippen LogP contribution < -0.4 is 16.0 Å². The zero-order valence-electron chi connectivity index (χ0n) is 11.2. The number of carbonyl (C=O) groups excluding carboxylic acids is 2. The molecule has 1 aromatic rings. The van der Waals surface area contributed by atoms with Gasteiger partial charge in [0, 0.05) is 23.3 Å². The Bertz CT molecular complexity index is 481. The molecular formula is C14H19N3O2. The minimum atomic E-state index is -0.219. The molecular weight excluding hydrogens is 242 g/mol. The summed E-state index contributed by atoms with van der Waals surface area (Å²) < 4.78 is 0. The highest BCUT2D eigenvalue weighted by Gasteiger charge is 2.23. The maximum absolute atomic E-state index is 11.8. The van der Waals surface area contributed by atoms with Crippen LogP contribution >= 0.6 is 0 Å². The lowest BCUT2D eigenvalue weighted by molar-refractivity contribution is 0.0943. The molecule has 1 aromatic carbocycles. The maximum atomic E-state index is 11.8. The summed E-state index contributed by atoms with van der Waals surface area (Å²) in [6.07, 6.45) is 2.09.